The Bertz CT molecular complexity index is 1570. The van der Waals surface area contributed by atoms with Gasteiger partial charge < -0.3 is 34.3 Å². The van der Waals surface area contributed by atoms with E-state index in [-0.39, 0.29) is 19.4 Å². The Labute approximate surface area is 358 Å². The van der Waals surface area contributed by atoms with Gasteiger partial charge in [-0.15, -0.1) is 0 Å². The molecule has 13 heteroatoms. The fourth-order valence-corrected chi connectivity index (χ4v) is 6.23. The van der Waals surface area contributed by atoms with Crippen molar-refractivity contribution in [2.45, 2.75) is 141 Å². The van der Waals surface area contributed by atoms with Gasteiger partial charge in [0.1, 0.15) is 36.8 Å². The molecular formula is C47H70O12S. The number of rotatable bonds is 32. The molecule has 4 N–H and O–H groups in total. The van der Waals surface area contributed by atoms with Crippen LogP contribution in [0.3, 0.4) is 0 Å². The average molecular weight is 859 g/mol. The summed E-state index contributed by atoms with van der Waals surface area (Å²) in [6.07, 6.45) is 41.0. The van der Waals surface area contributed by atoms with Crippen LogP contribution >= 0.6 is 0 Å². The molecule has 12 nitrogen and oxygen atoms in total. The number of esters is 2. The third kappa shape index (κ3) is 30.1. The van der Waals surface area contributed by atoms with Crippen LogP contribution in [-0.2, 0) is 38.7 Å². The van der Waals surface area contributed by atoms with Crippen LogP contribution in [0.1, 0.15) is 104 Å². The van der Waals surface area contributed by atoms with Crippen LogP contribution in [0.15, 0.2) is 122 Å². The highest BCUT2D eigenvalue weighted by atomic mass is 32.2. The lowest BCUT2D eigenvalue weighted by Crippen LogP contribution is -2.60. The Morgan fingerprint density at radius 1 is 0.567 bits per heavy atom. The number of hydrogen-bond acceptors (Lipinski definition) is 11. The smallest absolute Gasteiger partial charge is 0.306 e. The minimum atomic E-state index is -4.62. The summed E-state index contributed by atoms with van der Waals surface area (Å²) in [5, 5.41) is 30.8. The molecule has 1 heterocycles. The third-order valence-electron chi connectivity index (χ3n) is 8.79. The number of aliphatic hydroxyl groups excluding tert-OH is 3. The number of allylic oxidation sites excluding steroid dienone is 20. The van der Waals surface area contributed by atoms with Gasteiger partial charge in [0.25, 0.3) is 10.1 Å². The fourth-order valence-electron chi connectivity index (χ4n) is 5.54. The zero-order valence-electron chi connectivity index (χ0n) is 35.5. The molecule has 1 saturated heterocycles. The van der Waals surface area contributed by atoms with Gasteiger partial charge in [0.2, 0.25) is 0 Å². The number of aliphatic hydroxyl groups is 3. The number of unbranched alkanes of at least 4 members (excludes halogenated alkanes) is 8. The van der Waals surface area contributed by atoms with Crippen molar-refractivity contribution < 1.29 is 56.8 Å². The van der Waals surface area contributed by atoms with Gasteiger partial charge in [-0.2, -0.15) is 8.42 Å². The molecule has 0 saturated carbocycles. The quantitative estimate of drug-likeness (QED) is 0.0220. The molecule has 1 rings (SSSR count). The second-order valence-electron chi connectivity index (χ2n) is 14.1. The van der Waals surface area contributed by atoms with Gasteiger partial charge in [0, 0.05) is 12.8 Å². The van der Waals surface area contributed by atoms with Gasteiger partial charge in [-0.05, 0) is 51.4 Å². The molecular weight excluding hydrogens is 789 g/mol. The van der Waals surface area contributed by atoms with Crippen molar-refractivity contribution in [3.05, 3.63) is 122 Å². The van der Waals surface area contributed by atoms with E-state index >= 15 is 0 Å². The number of carbonyl (C=O) groups is 2. The first-order chi connectivity index (χ1) is 29.0. The molecule has 0 spiro atoms. The molecule has 0 amide bonds. The first-order valence-electron chi connectivity index (χ1n) is 21.2. The second-order valence-corrected chi connectivity index (χ2v) is 15.6. The van der Waals surface area contributed by atoms with E-state index in [0.29, 0.717) is 12.8 Å². The standard InChI is InChI=1S/C47H70O12S/c1-3-5-7-9-11-13-15-17-18-19-20-21-22-24-25-27-29-31-33-35-42(48)56-37-40(38-57-47-46(52)45(51)44(50)41(59-47)39-60(53,54)55)58-43(49)36-34-32-30-28-26-23-16-14-12-10-8-6-4-2/h5-22,24-25,40-41,44-47,50-52H,3-4,23,26-39H2,1-2H3,(H,53,54,55)/b7-5+,8-6+,11-9+,12-10+,15-13+,16-14+,18-17+,20-19+,22-21+,25-24+/t40?,41-,44-,45?,46?,47+/m1/s1. The van der Waals surface area contributed by atoms with E-state index in [1.165, 1.54) is 0 Å². The highest BCUT2D eigenvalue weighted by Gasteiger charge is 2.46. The van der Waals surface area contributed by atoms with Gasteiger partial charge in [-0.25, -0.2) is 0 Å². The van der Waals surface area contributed by atoms with Crippen LogP contribution < -0.4 is 0 Å². The highest BCUT2D eigenvalue weighted by molar-refractivity contribution is 7.85. The minimum Gasteiger partial charge on any atom is -0.462 e. The van der Waals surface area contributed by atoms with E-state index in [2.05, 4.69) is 38.2 Å². The molecule has 0 aromatic rings. The Kier molecular flexibility index (Phi) is 32.2. The topological polar surface area (TPSA) is 186 Å². The molecule has 0 aliphatic carbocycles. The van der Waals surface area contributed by atoms with Crippen molar-refractivity contribution in [2.24, 2.45) is 0 Å². The van der Waals surface area contributed by atoms with Crippen LogP contribution in [0.2, 0.25) is 0 Å². The molecule has 1 aliphatic heterocycles. The average Bonchev–Trinajstić information content (AvgIpc) is 3.21. The van der Waals surface area contributed by atoms with Crippen molar-refractivity contribution in [2.75, 3.05) is 19.0 Å². The zero-order chi connectivity index (χ0) is 44.1. The predicted octanol–water partition coefficient (Wildman–Crippen LogP) is 8.22. The van der Waals surface area contributed by atoms with Crippen LogP contribution in [0, 0.1) is 0 Å². The zero-order valence-corrected chi connectivity index (χ0v) is 36.3. The first kappa shape index (κ1) is 54.1. The lowest BCUT2D eigenvalue weighted by atomic mass is 10.00. The number of carbonyl (C=O) groups excluding carboxylic acids is 2. The van der Waals surface area contributed by atoms with E-state index < -0.39 is 71.2 Å². The Morgan fingerprint density at radius 3 is 1.50 bits per heavy atom. The Hall–Kier alpha value is -3.95. The molecule has 6 atom stereocenters. The minimum absolute atomic E-state index is 0.121. The first-order valence-corrected chi connectivity index (χ1v) is 22.8. The van der Waals surface area contributed by atoms with Crippen LogP contribution in [-0.4, -0.2) is 96.0 Å². The van der Waals surface area contributed by atoms with Gasteiger partial charge in [-0.3, -0.25) is 14.1 Å². The van der Waals surface area contributed by atoms with Gasteiger partial charge in [-0.1, -0.05) is 161 Å². The van der Waals surface area contributed by atoms with Crippen molar-refractivity contribution in [1.82, 2.24) is 0 Å². The summed E-state index contributed by atoms with van der Waals surface area (Å²) in [5.74, 6) is -2.10. The van der Waals surface area contributed by atoms with Gasteiger partial charge in [0.15, 0.2) is 12.4 Å². The molecule has 336 valence electrons. The molecule has 3 unspecified atom stereocenters. The molecule has 0 aromatic carbocycles. The third-order valence-corrected chi connectivity index (χ3v) is 9.54. The lowest BCUT2D eigenvalue weighted by molar-refractivity contribution is -0.297. The molecule has 0 bridgehead atoms. The Morgan fingerprint density at radius 2 is 1.00 bits per heavy atom. The van der Waals surface area contributed by atoms with Crippen LogP contribution in [0.25, 0.3) is 0 Å². The number of hydrogen-bond donors (Lipinski definition) is 4. The summed E-state index contributed by atoms with van der Waals surface area (Å²) in [7, 11) is -4.62. The van der Waals surface area contributed by atoms with Crippen molar-refractivity contribution in [3.8, 4) is 0 Å². The summed E-state index contributed by atoms with van der Waals surface area (Å²) in [5.41, 5.74) is 0. The predicted molar refractivity (Wildman–Crippen MR) is 237 cm³/mol. The summed E-state index contributed by atoms with van der Waals surface area (Å²) in [6, 6.07) is 0. The Balaban J connectivity index is 2.54. The van der Waals surface area contributed by atoms with Crippen LogP contribution in [0.4, 0.5) is 0 Å². The molecule has 0 radical (unpaired) electrons. The van der Waals surface area contributed by atoms with Crippen molar-refractivity contribution in [3.63, 3.8) is 0 Å². The van der Waals surface area contributed by atoms with E-state index in [9.17, 15) is 37.9 Å². The fraction of sp³-hybridized carbons (Fsp3) is 0.532. The molecule has 0 aromatic heterocycles. The monoisotopic (exact) mass is 858 g/mol. The largest absolute Gasteiger partial charge is 0.462 e. The highest BCUT2D eigenvalue weighted by Crippen LogP contribution is 2.24. The lowest BCUT2D eigenvalue weighted by Gasteiger charge is -2.40. The maximum atomic E-state index is 12.8. The summed E-state index contributed by atoms with van der Waals surface area (Å²) < 4.78 is 53.9. The molecule has 1 fully saturated rings. The van der Waals surface area contributed by atoms with E-state index in [1.54, 1.807) is 0 Å². The summed E-state index contributed by atoms with van der Waals surface area (Å²) in [4.78, 5) is 25.3. The van der Waals surface area contributed by atoms with Gasteiger partial charge >= 0.3 is 11.9 Å². The molecule has 1 aliphatic rings. The maximum Gasteiger partial charge on any atom is 0.306 e. The van der Waals surface area contributed by atoms with E-state index in [0.717, 1.165) is 64.2 Å². The van der Waals surface area contributed by atoms with Gasteiger partial charge in [0.05, 0.1) is 6.61 Å². The van der Waals surface area contributed by atoms with Crippen LogP contribution in [0.5, 0.6) is 0 Å². The molecule has 60 heavy (non-hydrogen) atoms. The maximum absolute atomic E-state index is 12.8. The number of ether oxygens (including phenoxy) is 4. The van der Waals surface area contributed by atoms with E-state index in [1.807, 2.05) is 97.2 Å². The van der Waals surface area contributed by atoms with Crippen molar-refractivity contribution in [1.29, 1.82) is 0 Å². The van der Waals surface area contributed by atoms with Crippen molar-refractivity contribution >= 4 is 22.1 Å². The van der Waals surface area contributed by atoms with E-state index in [4.69, 9.17) is 18.9 Å². The summed E-state index contributed by atoms with van der Waals surface area (Å²) in [6.45, 7) is 3.39. The normalized spacial score (nSPS) is 21.3. The second kappa shape index (κ2) is 35.8. The SMILES string of the molecule is CC/C=C/C=C/C=C/C=C/C=C/C=C/C=C/CCCCCC(=O)OCC(CO[C@H]1O[C@H](CS(=O)(=O)O)[C@@H](O)C(O)C1O)OC(=O)CCCCCCC/C=C/C=C/C=C/CC. The summed E-state index contributed by atoms with van der Waals surface area (Å²) >= 11 is 0.